The third-order valence-corrected chi connectivity index (χ3v) is 7.42. The minimum Gasteiger partial charge on any atom is -0.334 e. The van der Waals surface area contributed by atoms with Gasteiger partial charge in [-0.05, 0) is 68.5 Å². The summed E-state index contributed by atoms with van der Waals surface area (Å²) < 4.78 is 2.31. The number of rotatable bonds is 6. The average Bonchev–Trinajstić information content (AvgIpc) is 2.99. The van der Waals surface area contributed by atoms with Gasteiger partial charge in [-0.2, -0.15) is 11.8 Å². The summed E-state index contributed by atoms with van der Waals surface area (Å²) in [5.74, 6) is 4.88. The van der Waals surface area contributed by atoms with Gasteiger partial charge < -0.3 is 9.88 Å². The summed E-state index contributed by atoms with van der Waals surface area (Å²) in [6, 6.07) is 0.803. The average molecular weight is 335 g/mol. The molecule has 2 saturated heterocycles. The van der Waals surface area contributed by atoms with E-state index >= 15 is 0 Å². The molecule has 4 rings (SSSR count). The van der Waals surface area contributed by atoms with Crippen molar-refractivity contribution in [1.82, 2.24) is 19.8 Å². The number of thioether (sulfide) groups is 1. The summed E-state index contributed by atoms with van der Waals surface area (Å²) in [4.78, 5) is 7.45. The monoisotopic (exact) mass is 334 g/mol. The van der Waals surface area contributed by atoms with Crippen LogP contribution in [0.2, 0.25) is 0 Å². The predicted octanol–water partition coefficient (Wildman–Crippen LogP) is 2.60. The standard InChI is InChI=1S/C18H30N4S/c1-2-21-9-8-20-17(21)13-22(12-15-3-10-23-14-15)16-11-18(16)4-6-19-7-5-18/h8-9,15-16,19H,2-7,10-14H2,1H3. The first-order chi connectivity index (χ1) is 11.3. The van der Waals surface area contributed by atoms with Crippen LogP contribution in [-0.4, -0.2) is 51.6 Å². The number of aromatic nitrogens is 2. The Bertz CT molecular complexity index is 517. The van der Waals surface area contributed by atoms with Gasteiger partial charge in [-0.25, -0.2) is 4.98 Å². The molecule has 2 atom stereocenters. The maximum absolute atomic E-state index is 4.65. The molecule has 5 heteroatoms. The molecule has 1 aromatic heterocycles. The molecule has 0 aromatic carbocycles. The molecule has 23 heavy (non-hydrogen) atoms. The second kappa shape index (κ2) is 6.77. The van der Waals surface area contributed by atoms with Crippen LogP contribution in [0.5, 0.6) is 0 Å². The molecule has 4 nitrogen and oxygen atoms in total. The molecule has 3 heterocycles. The smallest absolute Gasteiger partial charge is 0.122 e. The Morgan fingerprint density at radius 2 is 2.30 bits per heavy atom. The van der Waals surface area contributed by atoms with E-state index in [-0.39, 0.29) is 0 Å². The summed E-state index contributed by atoms with van der Waals surface area (Å²) in [5.41, 5.74) is 0.626. The normalized spacial score (nSPS) is 29.5. The molecule has 0 bridgehead atoms. The Morgan fingerprint density at radius 1 is 1.43 bits per heavy atom. The number of nitrogens with zero attached hydrogens (tertiary/aromatic N) is 3. The maximum Gasteiger partial charge on any atom is 0.122 e. The Balaban J connectivity index is 1.47. The largest absolute Gasteiger partial charge is 0.334 e. The van der Waals surface area contributed by atoms with Gasteiger partial charge in [-0.1, -0.05) is 0 Å². The van der Waals surface area contributed by atoms with Crippen molar-refractivity contribution in [2.45, 2.75) is 51.7 Å². The minimum absolute atomic E-state index is 0.626. The second-order valence-corrected chi connectivity index (χ2v) is 8.77. The number of hydrogen-bond acceptors (Lipinski definition) is 4. The van der Waals surface area contributed by atoms with Crippen LogP contribution >= 0.6 is 11.8 Å². The van der Waals surface area contributed by atoms with Crippen LogP contribution in [0.1, 0.15) is 38.4 Å². The third kappa shape index (κ3) is 3.33. The molecule has 1 saturated carbocycles. The molecule has 1 aromatic rings. The van der Waals surface area contributed by atoms with Crippen LogP contribution in [0.4, 0.5) is 0 Å². The van der Waals surface area contributed by atoms with Crippen molar-refractivity contribution in [3.05, 3.63) is 18.2 Å². The zero-order valence-electron chi connectivity index (χ0n) is 14.3. The maximum atomic E-state index is 4.65. The zero-order valence-corrected chi connectivity index (χ0v) is 15.2. The van der Waals surface area contributed by atoms with Crippen molar-refractivity contribution in [3.63, 3.8) is 0 Å². The first-order valence-corrected chi connectivity index (χ1v) is 10.5. The van der Waals surface area contributed by atoms with Gasteiger partial charge in [0.1, 0.15) is 5.82 Å². The summed E-state index contributed by atoms with van der Waals surface area (Å²) in [5, 5.41) is 3.54. The van der Waals surface area contributed by atoms with Crippen molar-refractivity contribution in [2.24, 2.45) is 11.3 Å². The molecule has 2 aliphatic heterocycles. The third-order valence-electron chi connectivity index (χ3n) is 6.19. The summed E-state index contributed by atoms with van der Waals surface area (Å²) in [6.45, 7) is 8.00. The van der Waals surface area contributed by atoms with Gasteiger partial charge in [0.2, 0.25) is 0 Å². The van der Waals surface area contributed by atoms with Crippen LogP contribution in [0.3, 0.4) is 0 Å². The van der Waals surface area contributed by atoms with E-state index in [1.165, 1.54) is 62.6 Å². The Morgan fingerprint density at radius 3 is 3.04 bits per heavy atom. The first kappa shape index (κ1) is 16.0. The minimum atomic E-state index is 0.626. The van der Waals surface area contributed by atoms with Gasteiger partial charge >= 0.3 is 0 Å². The molecule has 128 valence electrons. The zero-order chi connectivity index (χ0) is 15.7. The fraction of sp³-hybridized carbons (Fsp3) is 0.833. The molecule has 2 unspecified atom stereocenters. The quantitative estimate of drug-likeness (QED) is 0.867. The van der Waals surface area contributed by atoms with Crippen LogP contribution in [-0.2, 0) is 13.1 Å². The molecule has 0 amide bonds. The highest BCUT2D eigenvalue weighted by Gasteiger charge is 2.56. The lowest BCUT2D eigenvalue weighted by Crippen LogP contribution is -2.38. The summed E-state index contributed by atoms with van der Waals surface area (Å²) in [6.07, 6.45) is 9.67. The Labute approximate surface area is 144 Å². The fourth-order valence-electron chi connectivity index (χ4n) is 4.63. The Kier molecular flexibility index (Phi) is 4.70. The van der Waals surface area contributed by atoms with Crippen LogP contribution in [0, 0.1) is 11.3 Å². The molecule has 3 fully saturated rings. The van der Waals surface area contributed by atoms with Crippen molar-refractivity contribution in [2.75, 3.05) is 31.1 Å². The highest BCUT2D eigenvalue weighted by molar-refractivity contribution is 7.99. The van der Waals surface area contributed by atoms with Crippen molar-refractivity contribution >= 4 is 11.8 Å². The first-order valence-electron chi connectivity index (χ1n) is 9.33. The van der Waals surface area contributed by atoms with Crippen molar-refractivity contribution in [3.8, 4) is 0 Å². The van der Waals surface area contributed by atoms with Gasteiger partial charge in [-0.15, -0.1) is 0 Å². The van der Waals surface area contributed by atoms with E-state index in [0.717, 1.165) is 25.0 Å². The van der Waals surface area contributed by atoms with Crippen LogP contribution < -0.4 is 5.32 Å². The van der Waals surface area contributed by atoms with Crippen molar-refractivity contribution in [1.29, 1.82) is 0 Å². The molecular formula is C18H30N4S. The van der Waals surface area contributed by atoms with Gasteiger partial charge in [0, 0.05) is 31.5 Å². The van der Waals surface area contributed by atoms with E-state index in [1.54, 1.807) is 0 Å². The van der Waals surface area contributed by atoms with E-state index in [4.69, 9.17) is 0 Å². The van der Waals surface area contributed by atoms with E-state index in [9.17, 15) is 0 Å². The van der Waals surface area contributed by atoms with Crippen LogP contribution in [0.25, 0.3) is 0 Å². The van der Waals surface area contributed by atoms with Gasteiger partial charge in [0.05, 0.1) is 6.54 Å². The number of nitrogens with one attached hydrogen (secondary N) is 1. The highest BCUT2D eigenvalue weighted by Crippen LogP contribution is 2.56. The molecule has 1 aliphatic carbocycles. The number of imidazole rings is 1. The fourth-order valence-corrected chi connectivity index (χ4v) is 5.90. The summed E-state index contributed by atoms with van der Waals surface area (Å²) >= 11 is 2.14. The predicted molar refractivity (Wildman–Crippen MR) is 96.7 cm³/mol. The topological polar surface area (TPSA) is 33.1 Å². The summed E-state index contributed by atoms with van der Waals surface area (Å²) in [7, 11) is 0. The molecule has 3 aliphatic rings. The second-order valence-electron chi connectivity index (χ2n) is 7.62. The van der Waals surface area contributed by atoms with E-state index in [1.807, 2.05) is 6.20 Å². The SMILES string of the molecule is CCn1ccnc1CN(CC1CCSC1)C1CC12CCNCC2. The van der Waals surface area contributed by atoms with Gasteiger partial charge in [-0.3, -0.25) is 4.90 Å². The number of hydrogen-bond donors (Lipinski definition) is 1. The van der Waals surface area contributed by atoms with E-state index in [2.05, 4.69) is 44.7 Å². The lowest BCUT2D eigenvalue weighted by Gasteiger charge is -2.31. The number of piperidine rings is 1. The molecule has 0 radical (unpaired) electrons. The van der Waals surface area contributed by atoms with Crippen molar-refractivity contribution < 1.29 is 0 Å². The lowest BCUT2D eigenvalue weighted by molar-refractivity contribution is 0.169. The molecule has 1 N–H and O–H groups in total. The lowest BCUT2D eigenvalue weighted by atomic mass is 9.93. The number of aryl methyl sites for hydroxylation is 1. The molecule has 1 spiro atoms. The van der Waals surface area contributed by atoms with Gasteiger partial charge in [0.25, 0.3) is 0 Å². The molecular weight excluding hydrogens is 304 g/mol. The van der Waals surface area contributed by atoms with E-state index < -0.39 is 0 Å². The Hall–Kier alpha value is -0.520. The highest BCUT2D eigenvalue weighted by atomic mass is 32.2. The van der Waals surface area contributed by atoms with Crippen LogP contribution in [0.15, 0.2) is 12.4 Å². The van der Waals surface area contributed by atoms with E-state index in [0.29, 0.717) is 5.41 Å². The van der Waals surface area contributed by atoms with Gasteiger partial charge in [0.15, 0.2) is 0 Å².